The van der Waals surface area contributed by atoms with Crippen molar-refractivity contribution in [2.24, 2.45) is 0 Å². The Bertz CT molecular complexity index is 381. The number of benzene rings is 1. The van der Waals surface area contributed by atoms with Gasteiger partial charge in [0.15, 0.2) is 0 Å². The molecule has 1 aliphatic rings. The van der Waals surface area contributed by atoms with E-state index in [1.807, 2.05) is 12.1 Å². The molecule has 1 aliphatic heterocycles. The Morgan fingerprint density at radius 3 is 2.24 bits per heavy atom. The Morgan fingerprint density at radius 1 is 1.12 bits per heavy atom. The lowest BCUT2D eigenvalue weighted by Gasteiger charge is -2.25. The number of rotatable bonds is 3. The third-order valence-corrected chi connectivity index (χ3v) is 3.10. The summed E-state index contributed by atoms with van der Waals surface area (Å²) in [6.07, 6.45) is 1.29. The average Bonchev–Trinajstić information content (AvgIpc) is 2.33. The van der Waals surface area contributed by atoms with Crippen molar-refractivity contribution >= 4 is 18.4 Å². The standard InChI is InChI=1S/C12H16BNO3/c15-12-5-7-14(8-6-12)9-10-1-3-11(4-2-10)13(16)17/h1-4,16-17H,5-9H2. The first kappa shape index (κ1) is 12.3. The molecule has 1 saturated heterocycles. The van der Waals surface area contributed by atoms with Crippen molar-refractivity contribution in [1.29, 1.82) is 0 Å². The van der Waals surface area contributed by atoms with Crippen LogP contribution in [0, 0.1) is 0 Å². The predicted molar refractivity (Wildman–Crippen MR) is 65.8 cm³/mol. The highest BCUT2D eigenvalue weighted by atomic mass is 16.4. The fraction of sp³-hybridized carbons (Fsp3) is 0.417. The highest BCUT2D eigenvalue weighted by molar-refractivity contribution is 6.58. The molecule has 90 valence electrons. The zero-order valence-corrected chi connectivity index (χ0v) is 9.67. The van der Waals surface area contributed by atoms with Gasteiger partial charge in [0.05, 0.1) is 0 Å². The minimum absolute atomic E-state index is 0.347. The number of likely N-dealkylation sites (tertiary alicyclic amines) is 1. The van der Waals surface area contributed by atoms with Crippen molar-refractivity contribution in [2.75, 3.05) is 13.1 Å². The minimum atomic E-state index is -1.41. The lowest BCUT2D eigenvalue weighted by molar-refractivity contribution is -0.121. The molecular weight excluding hydrogens is 217 g/mol. The molecule has 0 spiro atoms. The van der Waals surface area contributed by atoms with Crippen LogP contribution in [0.2, 0.25) is 0 Å². The Hall–Kier alpha value is -1.17. The molecule has 0 unspecified atom stereocenters. The summed E-state index contributed by atoms with van der Waals surface area (Å²) in [4.78, 5) is 13.3. The number of nitrogens with zero attached hydrogens (tertiary/aromatic N) is 1. The van der Waals surface area contributed by atoms with Crippen LogP contribution >= 0.6 is 0 Å². The molecule has 0 amide bonds. The van der Waals surface area contributed by atoms with Crippen molar-refractivity contribution in [3.63, 3.8) is 0 Å². The summed E-state index contributed by atoms with van der Waals surface area (Å²) in [5, 5.41) is 17.9. The highest BCUT2D eigenvalue weighted by Gasteiger charge is 2.16. The van der Waals surface area contributed by atoms with Crippen molar-refractivity contribution in [3.05, 3.63) is 29.8 Å². The molecule has 1 aromatic carbocycles. The van der Waals surface area contributed by atoms with E-state index in [9.17, 15) is 4.79 Å². The van der Waals surface area contributed by atoms with Crippen molar-refractivity contribution in [1.82, 2.24) is 4.90 Å². The summed E-state index contributed by atoms with van der Waals surface area (Å²) in [7, 11) is -1.41. The second-order valence-corrected chi connectivity index (χ2v) is 4.43. The van der Waals surface area contributed by atoms with Crippen LogP contribution in [0.15, 0.2) is 24.3 Å². The smallest absolute Gasteiger partial charge is 0.423 e. The van der Waals surface area contributed by atoms with Crippen LogP contribution in [-0.4, -0.2) is 40.9 Å². The van der Waals surface area contributed by atoms with E-state index in [4.69, 9.17) is 10.0 Å². The normalized spacial score (nSPS) is 17.2. The molecule has 5 heteroatoms. The average molecular weight is 233 g/mol. The van der Waals surface area contributed by atoms with Crippen LogP contribution in [0.1, 0.15) is 18.4 Å². The number of Topliss-reactive ketones (excluding diaryl/α,β-unsaturated/α-hetero) is 1. The molecule has 17 heavy (non-hydrogen) atoms. The van der Waals surface area contributed by atoms with Gasteiger partial charge in [0.25, 0.3) is 0 Å². The number of carbonyl (C=O) groups excluding carboxylic acids is 1. The number of piperidine rings is 1. The zero-order valence-electron chi connectivity index (χ0n) is 9.67. The summed E-state index contributed by atoms with van der Waals surface area (Å²) in [6.45, 7) is 2.46. The van der Waals surface area contributed by atoms with Crippen LogP contribution in [0.5, 0.6) is 0 Å². The van der Waals surface area contributed by atoms with E-state index in [2.05, 4.69) is 4.90 Å². The minimum Gasteiger partial charge on any atom is -0.423 e. The van der Waals surface area contributed by atoms with Gasteiger partial charge in [-0.3, -0.25) is 9.69 Å². The maximum atomic E-state index is 11.1. The van der Waals surface area contributed by atoms with Gasteiger partial charge in [-0.15, -0.1) is 0 Å². The fourth-order valence-electron chi connectivity index (χ4n) is 2.01. The van der Waals surface area contributed by atoms with E-state index in [0.29, 0.717) is 24.1 Å². The molecular formula is C12H16BNO3. The molecule has 4 nitrogen and oxygen atoms in total. The molecule has 0 bridgehead atoms. The number of carbonyl (C=O) groups is 1. The van der Waals surface area contributed by atoms with Gasteiger partial charge in [-0.25, -0.2) is 0 Å². The summed E-state index contributed by atoms with van der Waals surface area (Å²) < 4.78 is 0. The van der Waals surface area contributed by atoms with Gasteiger partial charge in [0.2, 0.25) is 0 Å². The third-order valence-electron chi connectivity index (χ3n) is 3.10. The molecule has 2 rings (SSSR count). The molecule has 2 N–H and O–H groups in total. The van der Waals surface area contributed by atoms with E-state index < -0.39 is 7.12 Å². The maximum absolute atomic E-state index is 11.1. The lowest BCUT2D eigenvalue weighted by Crippen LogP contribution is -2.33. The monoisotopic (exact) mass is 233 g/mol. The quantitative estimate of drug-likeness (QED) is 0.693. The second-order valence-electron chi connectivity index (χ2n) is 4.43. The van der Waals surface area contributed by atoms with E-state index in [1.165, 1.54) is 0 Å². The highest BCUT2D eigenvalue weighted by Crippen LogP contribution is 2.10. The first-order chi connectivity index (χ1) is 8.15. The van der Waals surface area contributed by atoms with Crippen molar-refractivity contribution in [2.45, 2.75) is 19.4 Å². The molecule has 1 heterocycles. The van der Waals surface area contributed by atoms with Crippen LogP contribution in [-0.2, 0) is 11.3 Å². The van der Waals surface area contributed by atoms with Crippen LogP contribution < -0.4 is 5.46 Å². The van der Waals surface area contributed by atoms with Crippen LogP contribution in [0.25, 0.3) is 0 Å². The Kier molecular flexibility index (Phi) is 3.94. The first-order valence-electron chi connectivity index (χ1n) is 5.84. The molecule has 0 radical (unpaired) electrons. The van der Waals surface area contributed by atoms with Crippen molar-refractivity contribution < 1.29 is 14.8 Å². The van der Waals surface area contributed by atoms with E-state index in [1.54, 1.807) is 12.1 Å². The molecule has 0 atom stereocenters. The van der Waals surface area contributed by atoms with Gasteiger partial charge in [-0.05, 0) is 11.0 Å². The first-order valence-corrected chi connectivity index (χ1v) is 5.84. The van der Waals surface area contributed by atoms with Crippen molar-refractivity contribution in [3.8, 4) is 0 Å². The van der Waals surface area contributed by atoms with E-state index >= 15 is 0 Å². The van der Waals surface area contributed by atoms with Crippen LogP contribution in [0.3, 0.4) is 0 Å². The molecule has 0 aliphatic carbocycles. The van der Waals surface area contributed by atoms with E-state index in [0.717, 1.165) is 25.2 Å². The topological polar surface area (TPSA) is 60.8 Å². The second kappa shape index (κ2) is 5.45. The van der Waals surface area contributed by atoms with Crippen LogP contribution in [0.4, 0.5) is 0 Å². The number of ketones is 1. The summed E-state index contributed by atoms with van der Waals surface area (Å²) in [5.74, 6) is 0.347. The molecule has 0 saturated carbocycles. The summed E-state index contributed by atoms with van der Waals surface area (Å²) in [6, 6.07) is 7.22. The Balaban J connectivity index is 1.92. The molecule has 0 aromatic heterocycles. The maximum Gasteiger partial charge on any atom is 0.488 e. The van der Waals surface area contributed by atoms with Gasteiger partial charge in [-0.1, -0.05) is 24.3 Å². The number of hydrogen-bond donors (Lipinski definition) is 2. The Labute approximate surface area is 101 Å². The van der Waals surface area contributed by atoms with Gasteiger partial charge in [0, 0.05) is 32.5 Å². The SMILES string of the molecule is O=C1CCN(Cc2ccc(B(O)O)cc2)CC1. The molecule has 1 fully saturated rings. The number of hydrogen-bond acceptors (Lipinski definition) is 4. The van der Waals surface area contributed by atoms with Gasteiger partial charge < -0.3 is 10.0 Å². The predicted octanol–water partition coefficient (Wildman–Crippen LogP) is -0.469. The molecule has 1 aromatic rings. The zero-order chi connectivity index (χ0) is 12.3. The fourth-order valence-corrected chi connectivity index (χ4v) is 2.01. The third kappa shape index (κ3) is 3.39. The van der Waals surface area contributed by atoms with Gasteiger partial charge in [-0.2, -0.15) is 0 Å². The van der Waals surface area contributed by atoms with E-state index in [-0.39, 0.29) is 0 Å². The summed E-state index contributed by atoms with van der Waals surface area (Å²) >= 11 is 0. The lowest BCUT2D eigenvalue weighted by atomic mass is 9.80. The van der Waals surface area contributed by atoms with Gasteiger partial charge in [0.1, 0.15) is 5.78 Å². The largest absolute Gasteiger partial charge is 0.488 e. The van der Waals surface area contributed by atoms with Gasteiger partial charge >= 0.3 is 7.12 Å². The summed E-state index contributed by atoms with van der Waals surface area (Å²) in [5.41, 5.74) is 1.63. The Morgan fingerprint density at radius 2 is 1.71 bits per heavy atom.